The predicted octanol–water partition coefficient (Wildman–Crippen LogP) is 3.26. The monoisotopic (exact) mass is 565 g/mol. The lowest BCUT2D eigenvalue weighted by Gasteiger charge is -2.31. The van der Waals surface area contributed by atoms with E-state index in [1.807, 2.05) is 66.6 Å². The van der Waals surface area contributed by atoms with E-state index >= 15 is 0 Å². The van der Waals surface area contributed by atoms with Crippen molar-refractivity contribution in [2.45, 2.75) is 45.4 Å². The second kappa shape index (κ2) is 11.8. The van der Waals surface area contributed by atoms with Crippen LogP contribution in [0.5, 0.6) is 5.75 Å². The molecule has 12 nitrogen and oxygen atoms in total. The molecule has 0 saturated carbocycles. The van der Waals surface area contributed by atoms with Crippen LogP contribution in [0.4, 0.5) is 0 Å². The van der Waals surface area contributed by atoms with Crippen molar-refractivity contribution in [2.24, 2.45) is 0 Å². The maximum Gasteiger partial charge on any atom is 0.251 e. The molecule has 1 aliphatic rings. The number of nitrogens with zero attached hydrogens (tertiary/aromatic N) is 8. The molecular weight excluding hydrogens is 534 g/mol. The molecule has 2 amide bonds. The van der Waals surface area contributed by atoms with Gasteiger partial charge in [0.1, 0.15) is 18.2 Å². The lowest BCUT2D eigenvalue weighted by atomic mass is 10.0. The smallest absolute Gasteiger partial charge is 0.251 e. The van der Waals surface area contributed by atoms with Gasteiger partial charge in [-0.05, 0) is 66.1 Å². The molecule has 2 aromatic carbocycles. The molecule has 5 aromatic rings. The Balaban J connectivity index is 1.19. The van der Waals surface area contributed by atoms with E-state index in [1.54, 1.807) is 34.7 Å². The molecule has 3 aromatic heterocycles. The average molecular weight is 566 g/mol. The number of nitrogens with one attached hydrogen (secondary N) is 1. The largest absolute Gasteiger partial charge is 0.489 e. The Morgan fingerprint density at radius 2 is 1.88 bits per heavy atom. The van der Waals surface area contributed by atoms with Gasteiger partial charge in [-0.3, -0.25) is 9.59 Å². The topological polar surface area (TPSA) is 132 Å². The normalized spacial score (nSPS) is 14.6. The second-order valence-corrected chi connectivity index (χ2v) is 10.5. The number of hydrogen-bond donors (Lipinski definition) is 1. The van der Waals surface area contributed by atoms with Crippen molar-refractivity contribution in [3.05, 3.63) is 78.9 Å². The molecule has 12 heteroatoms. The van der Waals surface area contributed by atoms with Gasteiger partial charge < -0.3 is 15.0 Å². The first kappa shape index (κ1) is 27.1. The van der Waals surface area contributed by atoms with Gasteiger partial charge in [0, 0.05) is 48.9 Å². The van der Waals surface area contributed by atoms with Gasteiger partial charge in [-0.25, -0.2) is 14.2 Å². The van der Waals surface area contributed by atoms with E-state index in [-0.39, 0.29) is 24.0 Å². The highest BCUT2D eigenvalue weighted by Gasteiger charge is 2.22. The van der Waals surface area contributed by atoms with E-state index < -0.39 is 0 Å². The summed E-state index contributed by atoms with van der Waals surface area (Å²) in [6.07, 6.45) is 6.55. The van der Waals surface area contributed by atoms with Crippen LogP contribution in [-0.2, 0) is 11.3 Å². The Kier molecular flexibility index (Phi) is 7.58. The minimum Gasteiger partial charge on any atom is -0.489 e. The predicted molar refractivity (Wildman–Crippen MR) is 155 cm³/mol. The van der Waals surface area contributed by atoms with Gasteiger partial charge in [-0.15, -0.1) is 5.10 Å². The van der Waals surface area contributed by atoms with Crippen LogP contribution in [0.2, 0.25) is 0 Å². The molecule has 0 bridgehead atoms. The number of carbonyl (C=O) groups excluding carboxylic acids is 2. The Hall–Kier alpha value is -5.13. The number of benzene rings is 2. The lowest BCUT2D eigenvalue weighted by Crippen LogP contribution is -2.46. The molecule has 1 fully saturated rings. The number of fused-ring (bicyclic) bond motifs is 1. The van der Waals surface area contributed by atoms with Crippen molar-refractivity contribution in [3.63, 3.8) is 0 Å². The zero-order chi connectivity index (χ0) is 29.1. The molecule has 4 heterocycles. The number of piperidine rings is 1. The van der Waals surface area contributed by atoms with Gasteiger partial charge in [-0.1, -0.05) is 24.3 Å². The van der Waals surface area contributed by atoms with Crippen molar-refractivity contribution >= 4 is 17.5 Å². The number of ether oxygens (including phenoxy) is 1. The number of hydrogen-bond acceptors (Lipinski definition) is 8. The fraction of sp³-hybridized carbons (Fsp3) is 0.300. The Bertz CT molecular complexity index is 1710. The molecule has 1 atom stereocenters. The Labute approximate surface area is 242 Å². The molecule has 1 aliphatic heterocycles. The highest BCUT2D eigenvalue weighted by molar-refractivity contribution is 5.96. The van der Waals surface area contributed by atoms with E-state index in [2.05, 4.69) is 25.9 Å². The first-order chi connectivity index (χ1) is 20.4. The summed E-state index contributed by atoms with van der Waals surface area (Å²) in [6, 6.07) is 17.2. The van der Waals surface area contributed by atoms with Crippen LogP contribution in [0.3, 0.4) is 0 Å². The number of carbonyl (C=O) groups is 2. The molecule has 0 radical (unpaired) electrons. The maximum absolute atomic E-state index is 13.1. The van der Waals surface area contributed by atoms with Crippen molar-refractivity contribution < 1.29 is 14.3 Å². The second-order valence-electron chi connectivity index (χ2n) is 10.5. The Morgan fingerprint density at radius 1 is 1.07 bits per heavy atom. The van der Waals surface area contributed by atoms with E-state index in [9.17, 15) is 9.59 Å². The number of aromatic nitrogens is 7. The van der Waals surface area contributed by atoms with Gasteiger partial charge in [0.05, 0.1) is 18.4 Å². The molecule has 1 N–H and O–H groups in total. The third kappa shape index (κ3) is 5.97. The van der Waals surface area contributed by atoms with Crippen molar-refractivity contribution in [2.75, 3.05) is 13.1 Å². The van der Waals surface area contributed by atoms with Crippen molar-refractivity contribution in [1.29, 1.82) is 0 Å². The van der Waals surface area contributed by atoms with Gasteiger partial charge in [0.2, 0.25) is 5.91 Å². The summed E-state index contributed by atoms with van der Waals surface area (Å²) in [7, 11) is 0. The zero-order valence-electron chi connectivity index (χ0n) is 23.4. The highest BCUT2D eigenvalue weighted by atomic mass is 16.5. The molecule has 0 spiro atoms. The van der Waals surface area contributed by atoms with Crippen LogP contribution in [0.15, 0.2) is 73.3 Å². The zero-order valence-corrected chi connectivity index (χ0v) is 23.4. The number of amides is 2. The summed E-state index contributed by atoms with van der Waals surface area (Å²) >= 11 is 0. The van der Waals surface area contributed by atoms with Gasteiger partial charge in [0.25, 0.3) is 5.91 Å². The molecule has 1 saturated heterocycles. The van der Waals surface area contributed by atoms with Crippen LogP contribution in [-0.4, -0.2) is 76.8 Å². The molecular formula is C30H31N9O3. The first-order valence-electron chi connectivity index (χ1n) is 13.9. The molecule has 42 heavy (non-hydrogen) atoms. The Morgan fingerprint density at radius 3 is 2.67 bits per heavy atom. The molecule has 0 unspecified atom stereocenters. The fourth-order valence-corrected chi connectivity index (χ4v) is 5.19. The third-order valence-corrected chi connectivity index (χ3v) is 7.38. The van der Waals surface area contributed by atoms with E-state index in [1.165, 1.54) is 0 Å². The van der Waals surface area contributed by atoms with Crippen LogP contribution < -0.4 is 10.1 Å². The highest BCUT2D eigenvalue weighted by Crippen LogP contribution is 2.28. The first-order valence-corrected chi connectivity index (χ1v) is 13.9. The minimum absolute atomic E-state index is 0.0419. The summed E-state index contributed by atoms with van der Waals surface area (Å²) in [5.41, 5.74) is 4.60. The van der Waals surface area contributed by atoms with Crippen molar-refractivity contribution in [3.8, 4) is 28.1 Å². The quantitative estimate of drug-likeness (QED) is 0.303. The standard InChI is InChI=1S/C30H31N9O3/c1-20(18-38-19-31-35-36-38)42-26-8-4-6-23(16-26)28-11-14-39-29(34-28)27(17-32-39)22-5-3-7-24(15-22)30(41)33-25-9-12-37(13-10-25)21(2)40/h3-8,11,14-17,19-20,25H,9-10,12-13,18H2,1-2H3,(H,33,41)/t20-/m0/s1. The maximum atomic E-state index is 13.1. The SMILES string of the molecule is CC(=O)N1CCC(NC(=O)c2cccc(-c3cnn4ccc(-c5cccc(O[C@@H](C)Cn6cnnn6)c5)nc34)c2)CC1. The van der Waals surface area contributed by atoms with Gasteiger partial charge in [-0.2, -0.15) is 5.10 Å². The van der Waals surface area contributed by atoms with Gasteiger partial charge in [0.15, 0.2) is 5.65 Å². The number of likely N-dealkylation sites (tertiary alicyclic amines) is 1. The average Bonchev–Trinajstić information content (AvgIpc) is 3.67. The number of rotatable bonds is 8. The summed E-state index contributed by atoms with van der Waals surface area (Å²) in [6.45, 7) is 5.38. The summed E-state index contributed by atoms with van der Waals surface area (Å²) in [5.74, 6) is 0.661. The van der Waals surface area contributed by atoms with Gasteiger partial charge >= 0.3 is 0 Å². The van der Waals surface area contributed by atoms with Crippen LogP contribution in [0.25, 0.3) is 28.0 Å². The van der Waals surface area contributed by atoms with E-state index in [4.69, 9.17) is 9.72 Å². The summed E-state index contributed by atoms with van der Waals surface area (Å²) < 4.78 is 9.46. The van der Waals surface area contributed by atoms with E-state index in [0.717, 1.165) is 35.2 Å². The van der Waals surface area contributed by atoms with Crippen molar-refractivity contribution in [1.82, 2.24) is 45.0 Å². The summed E-state index contributed by atoms with van der Waals surface area (Å²) in [5, 5.41) is 18.8. The van der Waals surface area contributed by atoms with Crippen LogP contribution >= 0.6 is 0 Å². The molecule has 6 rings (SSSR count). The third-order valence-electron chi connectivity index (χ3n) is 7.38. The molecule has 0 aliphatic carbocycles. The van der Waals surface area contributed by atoms with Crippen LogP contribution in [0.1, 0.15) is 37.0 Å². The van der Waals surface area contributed by atoms with Crippen LogP contribution in [0, 0.1) is 0 Å². The summed E-state index contributed by atoms with van der Waals surface area (Å²) in [4.78, 5) is 31.5. The minimum atomic E-state index is -0.140. The number of tetrazole rings is 1. The molecule has 214 valence electrons. The lowest BCUT2D eigenvalue weighted by molar-refractivity contribution is -0.129. The fourth-order valence-electron chi connectivity index (χ4n) is 5.19. The van der Waals surface area contributed by atoms with E-state index in [0.29, 0.717) is 36.6 Å².